The van der Waals surface area contributed by atoms with Crippen LogP contribution < -0.4 is 4.74 Å². The Kier molecular flexibility index (Phi) is 5.98. The Bertz CT molecular complexity index is 614. The van der Waals surface area contributed by atoms with Gasteiger partial charge in [-0.25, -0.2) is 4.79 Å². The average Bonchev–Trinajstić information content (AvgIpc) is 2.51. The van der Waals surface area contributed by atoms with E-state index in [1.807, 2.05) is 0 Å². The summed E-state index contributed by atoms with van der Waals surface area (Å²) in [6, 6.07) is 6.24. The van der Waals surface area contributed by atoms with Crippen LogP contribution in [0.5, 0.6) is 5.75 Å². The second-order valence-corrected chi connectivity index (χ2v) is 3.94. The normalized spacial score (nSPS) is 11.0. The molecule has 21 heavy (non-hydrogen) atoms. The minimum Gasteiger partial charge on any atom is -0.497 e. The number of nitrogens with zero attached hydrogens (tertiary/aromatic N) is 3. The third-order valence-electron chi connectivity index (χ3n) is 2.65. The fourth-order valence-corrected chi connectivity index (χ4v) is 1.55. The van der Waals surface area contributed by atoms with Crippen LogP contribution in [-0.2, 0) is 9.53 Å². The quantitative estimate of drug-likeness (QED) is 0.200. The summed E-state index contributed by atoms with van der Waals surface area (Å²) in [6.45, 7) is 3.18. The van der Waals surface area contributed by atoms with Gasteiger partial charge in [-0.1, -0.05) is 5.11 Å². The fourth-order valence-electron chi connectivity index (χ4n) is 1.55. The van der Waals surface area contributed by atoms with Gasteiger partial charge in [-0.2, -0.15) is 0 Å². The Morgan fingerprint density at radius 2 is 1.90 bits per heavy atom. The number of allylic oxidation sites excluding steroid dienone is 1. The molecule has 110 valence electrons. The zero-order valence-electron chi connectivity index (χ0n) is 12.0. The molecule has 7 nitrogen and oxygen atoms in total. The highest BCUT2D eigenvalue weighted by molar-refractivity contribution is 6.12. The van der Waals surface area contributed by atoms with E-state index in [4.69, 9.17) is 15.0 Å². The number of benzene rings is 1. The van der Waals surface area contributed by atoms with Gasteiger partial charge >= 0.3 is 5.97 Å². The zero-order chi connectivity index (χ0) is 15.8. The standard InChI is InChI=1S/C14H15N3O4/c1-4-21-14(19)9(2)12(16-17-15)13(18)10-5-7-11(20-3)8-6-10/h5-8H,4H2,1-3H3. The predicted octanol–water partition coefficient (Wildman–Crippen LogP) is 3.03. The van der Waals surface area contributed by atoms with E-state index in [1.165, 1.54) is 26.2 Å². The van der Waals surface area contributed by atoms with Crippen molar-refractivity contribution in [3.8, 4) is 5.75 Å². The van der Waals surface area contributed by atoms with Crippen molar-refractivity contribution in [3.05, 3.63) is 51.5 Å². The highest BCUT2D eigenvalue weighted by Crippen LogP contribution is 2.18. The van der Waals surface area contributed by atoms with Gasteiger partial charge in [-0.15, -0.1) is 0 Å². The molecule has 0 aliphatic carbocycles. The Balaban J connectivity index is 3.20. The molecular weight excluding hydrogens is 274 g/mol. The van der Waals surface area contributed by atoms with Crippen molar-refractivity contribution >= 4 is 11.8 Å². The summed E-state index contributed by atoms with van der Waals surface area (Å²) in [5, 5.41) is 3.32. The Labute approximate surface area is 121 Å². The van der Waals surface area contributed by atoms with Gasteiger partial charge in [0.25, 0.3) is 0 Å². The van der Waals surface area contributed by atoms with Crippen molar-refractivity contribution in [3.63, 3.8) is 0 Å². The van der Waals surface area contributed by atoms with Crippen LogP contribution in [0, 0.1) is 0 Å². The van der Waals surface area contributed by atoms with Gasteiger partial charge in [0.15, 0.2) is 5.78 Å². The number of esters is 1. The molecule has 0 fully saturated rings. The number of Topliss-reactive ketones (excluding diaryl/α,β-unsaturated/α-hetero) is 1. The van der Waals surface area contributed by atoms with Gasteiger partial charge in [-0.05, 0) is 43.6 Å². The topological polar surface area (TPSA) is 101 Å². The van der Waals surface area contributed by atoms with Crippen LogP contribution in [0.2, 0.25) is 0 Å². The van der Waals surface area contributed by atoms with Crippen molar-refractivity contribution in [2.45, 2.75) is 13.8 Å². The lowest BCUT2D eigenvalue weighted by atomic mass is 10.1. The maximum Gasteiger partial charge on any atom is 0.334 e. The summed E-state index contributed by atoms with van der Waals surface area (Å²) < 4.78 is 9.80. The third kappa shape index (κ3) is 4.09. The molecule has 0 aliphatic heterocycles. The van der Waals surface area contributed by atoms with E-state index in [0.29, 0.717) is 5.75 Å². The smallest absolute Gasteiger partial charge is 0.334 e. The molecule has 0 N–H and O–H groups in total. The SMILES string of the molecule is CCOC(=O)C(C)=C(N=[N+]=[N-])C(=O)c1ccc(OC)cc1. The molecule has 0 aliphatic rings. The van der Waals surface area contributed by atoms with Crippen molar-refractivity contribution in [1.29, 1.82) is 0 Å². The van der Waals surface area contributed by atoms with Gasteiger partial charge in [0.1, 0.15) is 5.75 Å². The molecule has 0 radical (unpaired) electrons. The molecule has 7 heteroatoms. The molecule has 0 saturated heterocycles. The van der Waals surface area contributed by atoms with Gasteiger partial charge in [0.05, 0.1) is 19.4 Å². The van der Waals surface area contributed by atoms with E-state index >= 15 is 0 Å². The minimum absolute atomic E-state index is 0.0320. The van der Waals surface area contributed by atoms with Crippen LogP contribution in [-0.4, -0.2) is 25.5 Å². The fraction of sp³-hybridized carbons (Fsp3) is 0.286. The van der Waals surface area contributed by atoms with Crippen molar-refractivity contribution in [2.75, 3.05) is 13.7 Å². The monoisotopic (exact) mass is 289 g/mol. The van der Waals surface area contributed by atoms with Crippen LogP contribution in [0.3, 0.4) is 0 Å². The number of carbonyl (C=O) groups is 2. The first-order valence-electron chi connectivity index (χ1n) is 6.17. The molecule has 0 heterocycles. The molecule has 0 amide bonds. The number of ketones is 1. The van der Waals surface area contributed by atoms with Crippen LogP contribution >= 0.6 is 0 Å². The van der Waals surface area contributed by atoms with E-state index < -0.39 is 11.8 Å². The lowest BCUT2D eigenvalue weighted by Gasteiger charge is -2.07. The zero-order valence-corrected chi connectivity index (χ0v) is 12.0. The molecule has 1 aromatic rings. The summed E-state index contributed by atoms with van der Waals surface area (Å²) in [6.07, 6.45) is 0. The lowest BCUT2D eigenvalue weighted by molar-refractivity contribution is -0.138. The van der Waals surface area contributed by atoms with E-state index in [1.54, 1.807) is 19.1 Å². The first kappa shape index (κ1) is 16.3. The van der Waals surface area contributed by atoms with E-state index in [9.17, 15) is 9.59 Å². The molecular formula is C14H15N3O4. The van der Waals surface area contributed by atoms with E-state index in [-0.39, 0.29) is 23.4 Å². The van der Waals surface area contributed by atoms with Crippen LogP contribution in [0.1, 0.15) is 24.2 Å². The first-order chi connectivity index (χ1) is 10.0. The Morgan fingerprint density at radius 1 is 1.29 bits per heavy atom. The predicted molar refractivity (Wildman–Crippen MR) is 75.8 cm³/mol. The first-order valence-corrected chi connectivity index (χ1v) is 6.17. The van der Waals surface area contributed by atoms with Crippen LogP contribution in [0.25, 0.3) is 10.4 Å². The van der Waals surface area contributed by atoms with E-state index in [2.05, 4.69) is 10.0 Å². The third-order valence-corrected chi connectivity index (χ3v) is 2.65. The maximum absolute atomic E-state index is 12.3. The number of carbonyl (C=O) groups excluding carboxylic acids is 2. The Hall–Kier alpha value is -2.79. The number of hydrogen-bond donors (Lipinski definition) is 0. The highest BCUT2D eigenvalue weighted by atomic mass is 16.5. The summed E-state index contributed by atoms with van der Waals surface area (Å²) in [7, 11) is 1.51. The molecule has 0 unspecified atom stereocenters. The molecule has 0 bridgehead atoms. The number of methoxy groups -OCH3 is 1. The van der Waals surface area contributed by atoms with Gasteiger partial charge in [0.2, 0.25) is 0 Å². The van der Waals surface area contributed by atoms with Gasteiger partial charge < -0.3 is 9.47 Å². The number of azide groups is 1. The molecule has 0 spiro atoms. The highest BCUT2D eigenvalue weighted by Gasteiger charge is 2.19. The molecule has 0 atom stereocenters. The average molecular weight is 289 g/mol. The largest absolute Gasteiger partial charge is 0.497 e. The number of rotatable bonds is 6. The molecule has 1 rings (SSSR count). The van der Waals surface area contributed by atoms with Gasteiger partial charge in [0, 0.05) is 16.0 Å². The van der Waals surface area contributed by atoms with Crippen molar-refractivity contribution in [2.24, 2.45) is 5.11 Å². The minimum atomic E-state index is -0.693. The van der Waals surface area contributed by atoms with E-state index in [0.717, 1.165) is 0 Å². The second kappa shape index (κ2) is 7.72. The van der Waals surface area contributed by atoms with Crippen LogP contribution in [0.15, 0.2) is 40.6 Å². The molecule has 1 aromatic carbocycles. The maximum atomic E-state index is 12.3. The van der Waals surface area contributed by atoms with Crippen molar-refractivity contribution < 1.29 is 19.1 Å². The van der Waals surface area contributed by atoms with Crippen molar-refractivity contribution in [1.82, 2.24) is 0 Å². The molecule has 0 aromatic heterocycles. The summed E-state index contributed by atoms with van der Waals surface area (Å²) in [4.78, 5) is 26.6. The summed E-state index contributed by atoms with van der Waals surface area (Å²) in [5.41, 5.74) is 8.55. The Morgan fingerprint density at radius 3 is 2.38 bits per heavy atom. The van der Waals surface area contributed by atoms with Crippen LogP contribution in [0.4, 0.5) is 0 Å². The summed E-state index contributed by atoms with van der Waals surface area (Å²) >= 11 is 0. The summed E-state index contributed by atoms with van der Waals surface area (Å²) in [5.74, 6) is -0.661. The second-order valence-electron chi connectivity index (χ2n) is 3.94. The molecule has 0 saturated carbocycles. The van der Waals surface area contributed by atoms with Gasteiger partial charge in [-0.3, -0.25) is 4.79 Å². The number of hydrogen-bond acceptors (Lipinski definition) is 5. The lowest BCUT2D eigenvalue weighted by Crippen LogP contribution is -2.12. The number of ether oxygens (including phenoxy) is 2.